The molecular formula is C17H18N2O5S. The molecular weight excluding hydrogens is 344 g/mol. The monoisotopic (exact) mass is 362 g/mol. The minimum atomic E-state index is -3.88. The van der Waals surface area contributed by atoms with E-state index in [0.29, 0.717) is 5.56 Å². The molecule has 0 spiro atoms. The van der Waals surface area contributed by atoms with E-state index >= 15 is 0 Å². The number of hydrogen-bond donors (Lipinski definition) is 2. The van der Waals surface area contributed by atoms with Gasteiger partial charge in [0.1, 0.15) is 0 Å². The fraction of sp³-hybridized carbons (Fsp3) is 0.176. The van der Waals surface area contributed by atoms with E-state index in [4.69, 9.17) is 9.88 Å². The highest BCUT2D eigenvalue weighted by molar-refractivity contribution is 7.89. The molecule has 0 unspecified atom stereocenters. The second kappa shape index (κ2) is 7.45. The van der Waals surface area contributed by atoms with E-state index < -0.39 is 28.0 Å². The number of esters is 1. The van der Waals surface area contributed by atoms with E-state index in [-0.39, 0.29) is 10.6 Å². The Morgan fingerprint density at radius 3 is 2.44 bits per heavy atom. The Bertz CT molecular complexity index is 909. The van der Waals surface area contributed by atoms with Gasteiger partial charge in [0.05, 0.1) is 10.5 Å². The molecule has 0 aliphatic rings. The fourth-order valence-corrected chi connectivity index (χ4v) is 2.61. The van der Waals surface area contributed by atoms with Crippen molar-refractivity contribution in [1.82, 2.24) is 0 Å². The Hall–Kier alpha value is -2.71. The summed E-state index contributed by atoms with van der Waals surface area (Å²) in [6.07, 6.45) is -1.06. The molecule has 2 rings (SSSR count). The molecule has 0 bridgehead atoms. The van der Waals surface area contributed by atoms with Gasteiger partial charge in [-0.05, 0) is 44.2 Å². The van der Waals surface area contributed by atoms with Crippen molar-refractivity contribution in [3.8, 4) is 0 Å². The zero-order valence-electron chi connectivity index (χ0n) is 13.7. The van der Waals surface area contributed by atoms with E-state index in [9.17, 15) is 18.0 Å². The van der Waals surface area contributed by atoms with Crippen LogP contribution in [0.4, 0.5) is 5.69 Å². The predicted octanol–water partition coefficient (Wildman–Crippen LogP) is 1.83. The first-order valence-electron chi connectivity index (χ1n) is 7.38. The van der Waals surface area contributed by atoms with Gasteiger partial charge in [-0.25, -0.2) is 18.4 Å². The lowest BCUT2D eigenvalue weighted by molar-refractivity contribution is -0.123. The molecule has 0 saturated heterocycles. The summed E-state index contributed by atoms with van der Waals surface area (Å²) < 4.78 is 27.8. The van der Waals surface area contributed by atoms with Gasteiger partial charge in [0.2, 0.25) is 10.0 Å². The normalized spacial score (nSPS) is 12.3. The lowest BCUT2D eigenvalue weighted by Crippen LogP contribution is -2.30. The summed E-state index contributed by atoms with van der Waals surface area (Å²) in [4.78, 5) is 24.1. The maximum absolute atomic E-state index is 12.1. The molecule has 0 fully saturated rings. The molecule has 0 aliphatic carbocycles. The second-order valence-corrected chi connectivity index (χ2v) is 7.04. The summed E-state index contributed by atoms with van der Waals surface area (Å²) in [5.41, 5.74) is 1.47. The minimum Gasteiger partial charge on any atom is -0.449 e. The summed E-state index contributed by atoms with van der Waals surface area (Å²) in [6, 6.07) is 12.3. The standard InChI is InChI=1S/C17H18N2O5S/c1-11-5-3-6-13(9-11)17(21)24-12(2)16(20)19-14-7-4-8-15(10-14)25(18,22)23/h3-10,12H,1-2H3,(H,19,20)(H2,18,22,23)/t12-/m0/s1. The van der Waals surface area contributed by atoms with Crippen LogP contribution < -0.4 is 10.5 Å². The van der Waals surface area contributed by atoms with Gasteiger partial charge in [0, 0.05) is 5.69 Å². The second-order valence-electron chi connectivity index (χ2n) is 5.48. The molecule has 1 atom stereocenters. The molecule has 0 saturated carbocycles. The number of carbonyl (C=O) groups excluding carboxylic acids is 2. The van der Waals surface area contributed by atoms with E-state index in [2.05, 4.69) is 5.32 Å². The average Bonchev–Trinajstić information content (AvgIpc) is 2.54. The maximum Gasteiger partial charge on any atom is 0.338 e. The van der Waals surface area contributed by atoms with Crippen LogP contribution in [0.25, 0.3) is 0 Å². The average molecular weight is 362 g/mol. The van der Waals surface area contributed by atoms with E-state index in [0.717, 1.165) is 5.56 Å². The molecule has 2 aromatic rings. The third-order valence-electron chi connectivity index (χ3n) is 3.34. The van der Waals surface area contributed by atoms with Crippen LogP contribution in [0.2, 0.25) is 0 Å². The molecule has 2 aromatic carbocycles. The highest BCUT2D eigenvalue weighted by Gasteiger charge is 2.19. The van der Waals surface area contributed by atoms with Crippen LogP contribution in [-0.4, -0.2) is 26.4 Å². The van der Waals surface area contributed by atoms with Crippen molar-refractivity contribution < 1.29 is 22.7 Å². The first-order valence-corrected chi connectivity index (χ1v) is 8.93. The number of carbonyl (C=O) groups is 2. The van der Waals surface area contributed by atoms with Crippen LogP contribution in [0.5, 0.6) is 0 Å². The van der Waals surface area contributed by atoms with Crippen LogP contribution >= 0.6 is 0 Å². The van der Waals surface area contributed by atoms with Crippen molar-refractivity contribution in [3.05, 3.63) is 59.7 Å². The quantitative estimate of drug-likeness (QED) is 0.787. The van der Waals surface area contributed by atoms with Crippen molar-refractivity contribution in [2.24, 2.45) is 5.14 Å². The topological polar surface area (TPSA) is 116 Å². The van der Waals surface area contributed by atoms with Crippen LogP contribution in [-0.2, 0) is 19.6 Å². The van der Waals surface area contributed by atoms with Gasteiger partial charge in [-0.2, -0.15) is 0 Å². The number of nitrogens with two attached hydrogens (primary N) is 1. The lowest BCUT2D eigenvalue weighted by atomic mass is 10.1. The summed E-state index contributed by atoms with van der Waals surface area (Å²) in [7, 11) is -3.88. The summed E-state index contributed by atoms with van der Waals surface area (Å²) >= 11 is 0. The smallest absolute Gasteiger partial charge is 0.338 e. The van der Waals surface area contributed by atoms with Crippen molar-refractivity contribution in [1.29, 1.82) is 0 Å². The van der Waals surface area contributed by atoms with Gasteiger partial charge in [-0.15, -0.1) is 0 Å². The summed E-state index contributed by atoms with van der Waals surface area (Å²) in [5, 5.41) is 7.54. The van der Waals surface area contributed by atoms with Crippen molar-refractivity contribution >= 4 is 27.6 Å². The maximum atomic E-state index is 12.1. The van der Waals surface area contributed by atoms with Crippen molar-refractivity contribution in [3.63, 3.8) is 0 Å². The molecule has 0 heterocycles. The molecule has 3 N–H and O–H groups in total. The highest BCUT2D eigenvalue weighted by atomic mass is 32.2. The number of primary sulfonamides is 1. The number of benzene rings is 2. The van der Waals surface area contributed by atoms with Gasteiger partial charge >= 0.3 is 5.97 Å². The van der Waals surface area contributed by atoms with Crippen molar-refractivity contribution in [2.75, 3.05) is 5.32 Å². The Morgan fingerprint density at radius 2 is 1.80 bits per heavy atom. The number of nitrogens with one attached hydrogen (secondary N) is 1. The molecule has 0 aromatic heterocycles. The number of hydrogen-bond acceptors (Lipinski definition) is 5. The molecule has 7 nitrogen and oxygen atoms in total. The van der Waals surface area contributed by atoms with E-state index in [1.807, 2.05) is 13.0 Å². The molecule has 0 aliphatic heterocycles. The number of amides is 1. The van der Waals surface area contributed by atoms with Gasteiger partial charge in [-0.3, -0.25) is 4.79 Å². The molecule has 132 valence electrons. The number of ether oxygens (including phenoxy) is 1. The first-order chi connectivity index (χ1) is 11.7. The number of anilines is 1. The van der Waals surface area contributed by atoms with Crippen LogP contribution in [0.3, 0.4) is 0 Å². The Labute approximate surface area is 145 Å². The third-order valence-corrected chi connectivity index (χ3v) is 4.25. The van der Waals surface area contributed by atoms with E-state index in [1.165, 1.54) is 31.2 Å². The van der Waals surface area contributed by atoms with Crippen LogP contribution in [0, 0.1) is 6.92 Å². The van der Waals surface area contributed by atoms with E-state index in [1.54, 1.807) is 18.2 Å². The van der Waals surface area contributed by atoms with Gasteiger partial charge in [-0.1, -0.05) is 23.8 Å². The Kier molecular flexibility index (Phi) is 5.55. The highest BCUT2D eigenvalue weighted by Crippen LogP contribution is 2.15. The van der Waals surface area contributed by atoms with Gasteiger partial charge in [0.25, 0.3) is 5.91 Å². The van der Waals surface area contributed by atoms with Crippen LogP contribution in [0.1, 0.15) is 22.8 Å². The Morgan fingerprint density at radius 1 is 1.12 bits per heavy atom. The number of rotatable bonds is 5. The molecule has 1 amide bonds. The summed E-state index contributed by atoms with van der Waals surface area (Å²) in [6.45, 7) is 3.26. The first kappa shape index (κ1) is 18.6. The largest absolute Gasteiger partial charge is 0.449 e. The SMILES string of the molecule is Cc1cccc(C(=O)O[C@@H](C)C(=O)Nc2cccc(S(N)(=O)=O)c2)c1. The van der Waals surface area contributed by atoms with Crippen molar-refractivity contribution in [2.45, 2.75) is 24.8 Å². The fourth-order valence-electron chi connectivity index (χ4n) is 2.05. The summed E-state index contributed by atoms with van der Waals surface area (Å²) in [5.74, 6) is -1.21. The molecule has 0 radical (unpaired) electrons. The molecule has 8 heteroatoms. The zero-order valence-corrected chi connectivity index (χ0v) is 14.5. The lowest BCUT2D eigenvalue weighted by Gasteiger charge is -2.14. The van der Waals surface area contributed by atoms with Gasteiger partial charge in [0.15, 0.2) is 6.10 Å². The molecule has 25 heavy (non-hydrogen) atoms. The number of sulfonamides is 1. The zero-order chi connectivity index (χ0) is 18.6. The third kappa shape index (κ3) is 5.13. The van der Waals surface area contributed by atoms with Gasteiger partial charge < -0.3 is 10.1 Å². The van der Waals surface area contributed by atoms with Crippen LogP contribution in [0.15, 0.2) is 53.4 Å². The minimum absolute atomic E-state index is 0.130. The Balaban J connectivity index is 2.04. The predicted molar refractivity (Wildman–Crippen MR) is 92.5 cm³/mol. The number of aryl methyl sites for hydroxylation is 1.